The molecule has 0 spiro atoms. The third-order valence-electron chi connectivity index (χ3n) is 3.40. The van der Waals surface area contributed by atoms with Crippen LogP contribution in [-0.2, 0) is 17.8 Å². The van der Waals surface area contributed by atoms with Crippen molar-refractivity contribution in [3.05, 3.63) is 64.5 Å². The summed E-state index contributed by atoms with van der Waals surface area (Å²) < 4.78 is 13.8. The summed E-state index contributed by atoms with van der Waals surface area (Å²) in [7, 11) is 0. The standard InChI is InChI=1S/C17H19FN2O/c1-11-3-4-12(2)14(7-11)9-17(21)20-16-6-5-13(10-19)8-15(16)18/h3-8H,9-10,19H2,1-2H3,(H,20,21). The van der Waals surface area contributed by atoms with E-state index >= 15 is 0 Å². The van der Waals surface area contributed by atoms with E-state index in [0.29, 0.717) is 5.56 Å². The third-order valence-corrected chi connectivity index (χ3v) is 3.40. The minimum Gasteiger partial charge on any atom is -0.326 e. The van der Waals surface area contributed by atoms with Crippen LogP contribution in [0.5, 0.6) is 0 Å². The van der Waals surface area contributed by atoms with Gasteiger partial charge in [-0.2, -0.15) is 0 Å². The van der Waals surface area contributed by atoms with Gasteiger partial charge in [0.2, 0.25) is 5.91 Å². The number of nitrogens with two attached hydrogens (primary N) is 1. The highest BCUT2D eigenvalue weighted by molar-refractivity contribution is 5.92. The zero-order chi connectivity index (χ0) is 15.4. The van der Waals surface area contributed by atoms with Crippen molar-refractivity contribution in [1.82, 2.24) is 0 Å². The Bertz CT molecular complexity index is 668. The van der Waals surface area contributed by atoms with Crippen molar-refractivity contribution in [2.45, 2.75) is 26.8 Å². The molecule has 3 nitrogen and oxygen atoms in total. The number of anilines is 1. The summed E-state index contributed by atoms with van der Waals surface area (Å²) in [6, 6.07) is 10.5. The lowest BCUT2D eigenvalue weighted by Crippen LogP contribution is -2.16. The highest BCUT2D eigenvalue weighted by atomic mass is 19.1. The first-order chi connectivity index (χ1) is 9.99. The Morgan fingerprint density at radius 1 is 1.19 bits per heavy atom. The molecule has 0 unspecified atom stereocenters. The second-order valence-corrected chi connectivity index (χ2v) is 5.17. The highest BCUT2D eigenvalue weighted by Gasteiger charge is 2.10. The van der Waals surface area contributed by atoms with E-state index in [9.17, 15) is 9.18 Å². The minimum absolute atomic E-state index is 0.183. The maximum atomic E-state index is 13.8. The van der Waals surface area contributed by atoms with Crippen molar-refractivity contribution in [2.24, 2.45) is 5.73 Å². The molecule has 2 rings (SSSR count). The molecule has 21 heavy (non-hydrogen) atoms. The fourth-order valence-electron chi connectivity index (χ4n) is 2.15. The zero-order valence-electron chi connectivity index (χ0n) is 12.2. The Balaban J connectivity index is 2.10. The van der Waals surface area contributed by atoms with Crippen molar-refractivity contribution in [3.63, 3.8) is 0 Å². The molecule has 0 aliphatic rings. The molecular weight excluding hydrogens is 267 g/mol. The quantitative estimate of drug-likeness (QED) is 0.907. The lowest BCUT2D eigenvalue weighted by molar-refractivity contribution is -0.115. The predicted octanol–water partition coefficient (Wildman–Crippen LogP) is 3.08. The predicted molar refractivity (Wildman–Crippen MR) is 82.5 cm³/mol. The Morgan fingerprint density at radius 3 is 2.62 bits per heavy atom. The molecule has 0 fully saturated rings. The van der Waals surface area contributed by atoms with Crippen LogP contribution in [0.25, 0.3) is 0 Å². The van der Waals surface area contributed by atoms with E-state index in [0.717, 1.165) is 16.7 Å². The van der Waals surface area contributed by atoms with E-state index in [1.807, 2.05) is 32.0 Å². The van der Waals surface area contributed by atoms with Gasteiger partial charge in [-0.05, 0) is 42.7 Å². The third kappa shape index (κ3) is 3.89. The Labute approximate surface area is 124 Å². The maximum absolute atomic E-state index is 13.8. The fourth-order valence-corrected chi connectivity index (χ4v) is 2.15. The molecule has 0 aromatic heterocycles. The number of carbonyl (C=O) groups is 1. The summed E-state index contributed by atoms with van der Waals surface area (Å²) in [4.78, 5) is 12.0. The average molecular weight is 286 g/mol. The number of aryl methyl sites for hydroxylation is 2. The summed E-state index contributed by atoms with van der Waals surface area (Å²) >= 11 is 0. The van der Waals surface area contributed by atoms with Crippen LogP contribution in [0.3, 0.4) is 0 Å². The first-order valence-corrected chi connectivity index (χ1v) is 6.84. The van der Waals surface area contributed by atoms with Crippen molar-refractivity contribution < 1.29 is 9.18 Å². The Hall–Kier alpha value is -2.20. The van der Waals surface area contributed by atoms with E-state index in [1.54, 1.807) is 12.1 Å². The molecule has 110 valence electrons. The molecule has 0 aliphatic carbocycles. The molecule has 4 heteroatoms. The van der Waals surface area contributed by atoms with Crippen LogP contribution in [0.4, 0.5) is 10.1 Å². The number of carbonyl (C=O) groups excluding carboxylic acids is 1. The van der Waals surface area contributed by atoms with E-state index in [1.165, 1.54) is 6.07 Å². The average Bonchev–Trinajstić information content (AvgIpc) is 2.45. The summed E-state index contributed by atoms with van der Waals surface area (Å²) in [5.74, 6) is -0.699. The van der Waals surface area contributed by atoms with Crippen LogP contribution >= 0.6 is 0 Å². The number of benzene rings is 2. The number of hydrogen-bond donors (Lipinski definition) is 2. The van der Waals surface area contributed by atoms with Crippen LogP contribution in [0.2, 0.25) is 0 Å². The van der Waals surface area contributed by atoms with Gasteiger partial charge in [-0.15, -0.1) is 0 Å². The number of rotatable bonds is 4. The van der Waals surface area contributed by atoms with Crippen LogP contribution < -0.4 is 11.1 Å². The van der Waals surface area contributed by atoms with Gasteiger partial charge in [0, 0.05) is 6.54 Å². The molecule has 0 saturated carbocycles. The SMILES string of the molecule is Cc1ccc(C)c(CC(=O)Nc2ccc(CN)cc2F)c1. The smallest absolute Gasteiger partial charge is 0.228 e. The molecule has 0 heterocycles. The summed E-state index contributed by atoms with van der Waals surface area (Å²) in [5.41, 5.74) is 9.43. The van der Waals surface area contributed by atoms with Gasteiger partial charge in [0.15, 0.2) is 0 Å². The van der Waals surface area contributed by atoms with Gasteiger partial charge in [-0.25, -0.2) is 4.39 Å². The van der Waals surface area contributed by atoms with Gasteiger partial charge < -0.3 is 11.1 Å². The lowest BCUT2D eigenvalue weighted by atomic mass is 10.0. The lowest BCUT2D eigenvalue weighted by Gasteiger charge is -2.10. The molecule has 0 aliphatic heterocycles. The Kier molecular flexibility index (Phi) is 4.70. The monoisotopic (exact) mass is 286 g/mol. The molecular formula is C17H19FN2O. The van der Waals surface area contributed by atoms with Crippen LogP contribution in [0.1, 0.15) is 22.3 Å². The molecule has 0 atom stereocenters. The summed E-state index contributed by atoms with van der Waals surface area (Å²) in [6.45, 7) is 4.21. The fraction of sp³-hybridized carbons (Fsp3) is 0.235. The minimum atomic E-state index is -0.465. The maximum Gasteiger partial charge on any atom is 0.228 e. The second kappa shape index (κ2) is 6.50. The van der Waals surface area contributed by atoms with Crippen molar-refractivity contribution >= 4 is 11.6 Å². The summed E-state index contributed by atoms with van der Waals surface area (Å²) in [5, 5.41) is 2.60. The summed E-state index contributed by atoms with van der Waals surface area (Å²) in [6.07, 6.45) is 0.228. The zero-order valence-corrected chi connectivity index (χ0v) is 12.2. The molecule has 3 N–H and O–H groups in total. The number of hydrogen-bond acceptors (Lipinski definition) is 2. The normalized spacial score (nSPS) is 10.5. The van der Waals surface area contributed by atoms with Crippen LogP contribution in [0, 0.1) is 19.7 Å². The van der Waals surface area contributed by atoms with Gasteiger partial charge >= 0.3 is 0 Å². The highest BCUT2D eigenvalue weighted by Crippen LogP contribution is 2.17. The number of nitrogens with one attached hydrogen (secondary N) is 1. The first kappa shape index (κ1) is 15.2. The van der Waals surface area contributed by atoms with Gasteiger partial charge in [0.25, 0.3) is 0 Å². The van der Waals surface area contributed by atoms with E-state index < -0.39 is 5.82 Å². The molecule has 0 saturated heterocycles. The second-order valence-electron chi connectivity index (χ2n) is 5.17. The van der Waals surface area contributed by atoms with Crippen LogP contribution in [-0.4, -0.2) is 5.91 Å². The first-order valence-electron chi connectivity index (χ1n) is 6.84. The van der Waals surface area contributed by atoms with Gasteiger partial charge in [-0.3, -0.25) is 4.79 Å². The topological polar surface area (TPSA) is 55.1 Å². The molecule has 1 amide bonds. The van der Waals surface area contributed by atoms with Crippen molar-refractivity contribution in [1.29, 1.82) is 0 Å². The Morgan fingerprint density at radius 2 is 1.95 bits per heavy atom. The largest absolute Gasteiger partial charge is 0.326 e. The van der Waals surface area contributed by atoms with Crippen LogP contribution in [0.15, 0.2) is 36.4 Å². The number of halogens is 1. The van der Waals surface area contributed by atoms with Gasteiger partial charge in [0.1, 0.15) is 5.82 Å². The molecule has 2 aromatic rings. The number of amides is 1. The van der Waals surface area contributed by atoms with Gasteiger partial charge in [-0.1, -0.05) is 29.8 Å². The van der Waals surface area contributed by atoms with E-state index in [-0.39, 0.29) is 24.6 Å². The van der Waals surface area contributed by atoms with E-state index in [2.05, 4.69) is 5.32 Å². The van der Waals surface area contributed by atoms with Crippen molar-refractivity contribution in [2.75, 3.05) is 5.32 Å². The molecule has 0 radical (unpaired) electrons. The molecule has 0 bridgehead atoms. The van der Waals surface area contributed by atoms with Gasteiger partial charge in [0.05, 0.1) is 12.1 Å². The molecule has 2 aromatic carbocycles. The van der Waals surface area contributed by atoms with E-state index in [4.69, 9.17) is 5.73 Å². The van der Waals surface area contributed by atoms with Crippen molar-refractivity contribution in [3.8, 4) is 0 Å².